The number of halogens is 1. The highest BCUT2D eigenvalue weighted by atomic mass is 35.5. The van der Waals surface area contributed by atoms with Gasteiger partial charge in [0.1, 0.15) is 17.4 Å². The summed E-state index contributed by atoms with van der Waals surface area (Å²) in [7, 11) is 1.68. The van der Waals surface area contributed by atoms with Crippen molar-refractivity contribution < 1.29 is 4.74 Å². The average Bonchev–Trinajstić information content (AvgIpc) is 2.88. The number of aromatic nitrogens is 3. The number of nitrogens with zero attached hydrogens (tertiary/aromatic N) is 3. The monoisotopic (exact) mass is 337 g/mol. The average molecular weight is 338 g/mol. The molecule has 1 aliphatic rings. The predicted octanol–water partition coefficient (Wildman–Crippen LogP) is 4.23. The molecule has 0 unspecified atom stereocenters. The number of fused-ring (bicyclic) bond motifs is 3. The van der Waals surface area contributed by atoms with Gasteiger partial charge in [0.25, 0.3) is 0 Å². The standard InChI is InChI=1S/C19H16ClN3O/c1-12-21-22-19-10-8-16(13-3-5-14(20)6-4-13)17-11-15(24-2)7-9-18(17)23(12)19/h3-9,11H,10H2,1-2H3. The summed E-state index contributed by atoms with van der Waals surface area (Å²) in [5, 5.41) is 9.27. The number of ether oxygens (including phenoxy) is 1. The summed E-state index contributed by atoms with van der Waals surface area (Å²) in [6, 6.07) is 14.0. The Hall–Kier alpha value is -2.59. The molecule has 120 valence electrons. The first-order valence-corrected chi connectivity index (χ1v) is 8.11. The van der Waals surface area contributed by atoms with E-state index in [2.05, 4.69) is 33.0 Å². The van der Waals surface area contributed by atoms with Crippen LogP contribution >= 0.6 is 11.6 Å². The van der Waals surface area contributed by atoms with Crippen molar-refractivity contribution in [1.29, 1.82) is 0 Å². The molecule has 4 rings (SSSR count). The van der Waals surface area contributed by atoms with E-state index >= 15 is 0 Å². The lowest BCUT2D eigenvalue weighted by molar-refractivity contribution is 0.414. The highest BCUT2D eigenvalue weighted by Crippen LogP contribution is 2.35. The lowest BCUT2D eigenvalue weighted by atomic mass is 9.96. The molecule has 0 amide bonds. The van der Waals surface area contributed by atoms with Crippen molar-refractivity contribution in [3.63, 3.8) is 0 Å². The molecule has 3 aromatic rings. The van der Waals surface area contributed by atoms with E-state index in [0.717, 1.165) is 51.2 Å². The number of rotatable bonds is 2. The van der Waals surface area contributed by atoms with Gasteiger partial charge in [-0.15, -0.1) is 10.2 Å². The third-order valence-corrected chi connectivity index (χ3v) is 4.52. The lowest BCUT2D eigenvalue weighted by Gasteiger charge is -2.15. The van der Waals surface area contributed by atoms with Crippen molar-refractivity contribution in [2.24, 2.45) is 0 Å². The maximum absolute atomic E-state index is 6.05. The highest BCUT2D eigenvalue weighted by molar-refractivity contribution is 6.30. The molecule has 0 bridgehead atoms. The van der Waals surface area contributed by atoms with Crippen molar-refractivity contribution in [2.45, 2.75) is 13.3 Å². The Balaban J connectivity index is 1.97. The van der Waals surface area contributed by atoms with Crippen LogP contribution in [-0.2, 0) is 6.42 Å². The molecule has 1 aliphatic heterocycles. The Morgan fingerprint density at radius 3 is 2.62 bits per heavy atom. The second-order valence-electron chi connectivity index (χ2n) is 5.71. The zero-order chi connectivity index (χ0) is 16.7. The summed E-state index contributed by atoms with van der Waals surface area (Å²) in [5.41, 5.74) is 4.42. The molecule has 24 heavy (non-hydrogen) atoms. The Labute approximate surface area is 145 Å². The van der Waals surface area contributed by atoms with Gasteiger partial charge in [0.15, 0.2) is 0 Å². The van der Waals surface area contributed by atoms with Gasteiger partial charge in [-0.2, -0.15) is 0 Å². The molecule has 0 saturated carbocycles. The smallest absolute Gasteiger partial charge is 0.141 e. The van der Waals surface area contributed by atoms with E-state index in [1.807, 2.05) is 37.3 Å². The number of hydrogen-bond acceptors (Lipinski definition) is 3. The van der Waals surface area contributed by atoms with Gasteiger partial charge in [0.2, 0.25) is 0 Å². The summed E-state index contributed by atoms with van der Waals surface area (Å²) in [6.45, 7) is 1.97. The van der Waals surface area contributed by atoms with Gasteiger partial charge < -0.3 is 4.74 Å². The molecule has 0 N–H and O–H groups in total. The van der Waals surface area contributed by atoms with E-state index in [1.54, 1.807) is 7.11 Å². The van der Waals surface area contributed by atoms with Gasteiger partial charge in [-0.05, 0) is 48.4 Å². The Morgan fingerprint density at radius 1 is 1.08 bits per heavy atom. The fourth-order valence-corrected chi connectivity index (χ4v) is 3.24. The third kappa shape index (κ3) is 2.39. The van der Waals surface area contributed by atoms with Gasteiger partial charge in [0.05, 0.1) is 12.8 Å². The van der Waals surface area contributed by atoms with Gasteiger partial charge in [-0.3, -0.25) is 4.57 Å². The van der Waals surface area contributed by atoms with E-state index in [4.69, 9.17) is 16.3 Å². The van der Waals surface area contributed by atoms with Gasteiger partial charge in [-0.1, -0.05) is 29.8 Å². The van der Waals surface area contributed by atoms with E-state index in [1.165, 1.54) is 0 Å². The second-order valence-corrected chi connectivity index (χ2v) is 6.15. The SMILES string of the molecule is COc1ccc2c(c1)C(c1ccc(Cl)cc1)=CCc1nnc(C)n1-2. The van der Waals surface area contributed by atoms with Crippen LogP contribution in [0.15, 0.2) is 48.5 Å². The lowest BCUT2D eigenvalue weighted by Crippen LogP contribution is -2.03. The fraction of sp³-hybridized carbons (Fsp3) is 0.158. The van der Waals surface area contributed by atoms with Crippen molar-refractivity contribution in [2.75, 3.05) is 7.11 Å². The van der Waals surface area contributed by atoms with Crippen LogP contribution in [0, 0.1) is 6.92 Å². The van der Waals surface area contributed by atoms with E-state index in [-0.39, 0.29) is 0 Å². The minimum absolute atomic E-state index is 0.718. The maximum atomic E-state index is 6.05. The summed E-state index contributed by atoms with van der Waals surface area (Å²) in [5.74, 6) is 2.63. The fourth-order valence-electron chi connectivity index (χ4n) is 3.11. The van der Waals surface area contributed by atoms with E-state index < -0.39 is 0 Å². The van der Waals surface area contributed by atoms with Crippen molar-refractivity contribution >= 4 is 17.2 Å². The number of allylic oxidation sites excluding steroid dienone is 1. The van der Waals surface area contributed by atoms with Crippen LogP contribution in [-0.4, -0.2) is 21.9 Å². The minimum atomic E-state index is 0.718. The molecular weight excluding hydrogens is 322 g/mol. The number of benzene rings is 2. The predicted molar refractivity (Wildman–Crippen MR) is 94.9 cm³/mol. The molecule has 4 nitrogen and oxygen atoms in total. The summed E-state index contributed by atoms with van der Waals surface area (Å²) in [6.07, 6.45) is 2.91. The normalized spacial score (nSPS) is 12.9. The van der Waals surface area contributed by atoms with E-state index in [0.29, 0.717) is 0 Å². The quantitative estimate of drug-likeness (QED) is 0.702. The first-order valence-electron chi connectivity index (χ1n) is 7.73. The molecule has 0 spiro atoms. The van der Waals surface area contributed by atoms with Crippen LogP contribution in [0.4, 0.5) is 0 Å². The molecule has 0 radical (unpaired) electrons. The molecular formula is C19H16ClN3O. The summed E-state index contributed by atoms with van der Waals surface area (Å²) in [4.78, 5) is 0. The van der Waals surface area contributed by atoms with Gasteiger partial charge >= 0.3 is 0 Å². The van der Waals surface area contributed by atoms with Gasteiger partial charge in [0, 0.05) is 17.0 Å². The van der Waals surface area contributed by atoms with Crippen LogP contribution in [0.1, 0.15) is 22.8 Å². The largest absolute Gasteiger partial charge is 0.497 e. The topological polar surface area (TPSA) is 39.9 Å². The zero-order valence-electron chi connectivity index (χ0n) is 13.5. The molecule has 0 atom stereocenters. The maximum Gasteiger partial charge on any atom is 0.141 e. The molecule has 0 saturated heterocycles. The Bertz CT molecular complexity index is 942. The zero-order valence-corrected chi connectivity index (χ0v) is 14.2. The molecule has 1 aromatic heterocycles. The molecule has 0 fully saturated rings. The second kappa shape index (κ2) is 5.80. The third-order valence-electron chi connectivity index (χ3n) is 4.27. The minimum Gasteiger partial charge on any atom is -0.497 e. The van der Waals surface area contributed by atoms with Crippen molar-refractivity contribution in [1.82, 2.24) is 14.8 Å². The van der Waals surface area contributed by atoms with Crippen LogP contribution < -0.4 is 4.74 Å². The van der Waals surface area contributed by atoms with Gasteiger partial charge in [-0.25, -0.2) is 0 Å². The Morgan fingerprint density at radius 2 is 1.88 bits per heavy atom. The van der Waals surface area contributed by atoms with Crippen molar-refractivity contribution in [3.8, 4) is 11.4 Å². The first-order chi connectivity index (χ1) is 11.7. The highest BCUT2D eigenvalue weighted by Gasteiger charge is 2.20. The molecule has 5 heteroatoms. The number of methoxy groups -OCH3 is 1. The Kier molecular flexibility index (Phi) is 3.62. The van der Waals surface area contributed by atoms with Crippen LogP contribution in [0.2, 0.25) is 5.02 Å². The van der Waals surface area contributed by atoms with Crippen LogP contribution in [0.5, 0.6) is 5.75 Å². The molecule has 2 heterocycles. The van der Waals surface area contributed by atoms with E-state index in [9.17, 15) is 0 Å². The molecule has 2 aromatic carbocycles. The first kappa shape index (κ1) is 15.0. The number of hydrogen-bond donors (Lipinski definition) is 0. The van der Waals surface area contributed by atoms with Crippen LogP contribution in [0.3, 0.4) is 0 Å². The molecule has 0 aliphatic carbocycles. The number of aryl methyl sites for hydroxylation is 1. The summed E-state index contributed by atoms with van der Waals surface area (Å²) < 4.78 is 7.54. The summed E-state index contributed by atoms with van der Waals surface area (Å²) >= 11 is 6.05. The van der Waals surface area contributed by atoms with Crippen LogP contribution in [0.25, 0.3) is 11.3 Å². The van der Waals surface area contributed by atoms with Crippen molar-refractivity contribution in [3.05, 3.63) is 76.3 Å².